The highest BCUT2D eigenvalue weighted by molar-refractivity contribution is 5.98. The molecule has 1 aromatic carbocycles. The molecule has 1 amide bonds. The zero-order chi connectivity index (χ0) is 28.7. The van der Waals surface area contributed by atoms with E-state index in [1.165, 1.54) is 33.4 Å². The number of hydrogen-bond donors (Lipinski definition) is 1. The second-order valence-electron chi connectivity index (χ2n) is 10.1. The average molecular weight is 543 g/mol. The van der Waals surface area contributed by atoms with E-state index >= 15 is 0 Å². The summed E-state index contributed by atoms with van der Waals surface area (Å²) in [4.78, 5) is 56.4. The molecule has 11 nitrogen and oxygen atoms in total. The molecule has 1 aliphatic heterocycles. The van der Waals surface area contributed by atoms with Gasteiger partial charge >= 0.3 is 17.9 Å². The van der Waals surface area contributed by atoms with Crippen molar-refractivity contribution in [3.8, 4) is 11.5 Å². The van der Waals surface area contributed by atoms with Gasteiger partial charge in [-0.1, -0.05) is 30.3 Å². The fourth-order valence-corrected chi connectivity index (χ4v) is 3.96. The van der Waals surface area contributed by atoms with Gasteiger partial charge in [-0.3, -0.25) is 14.4 Å². The zero-order valence-corrected chi connectivity index (χ0v) is 22.9. The molecule has 11 heteroatoms. The van der Waals surface area contributed by atoms with Crippen LogP contribution in [-0.4, -0.2) is 67.9 Å². The number of aromatic nitrogens is 1. The van der Waals surface area contributed by atoms with Gasteiger partial charge in [0.15, 0.2) is 29.3 Å². The molecule has 1 fully saturated rings. The summed E-state index contributed by atoms with van der Waals surface area (Å²) in [5, 5.41) is 2.50. The summed E-state index contributed by atoms with van der Waals surface area (Å²) in [5.74, 6) is -3.56. The van der Waals surface area contributed by atoms with Crippen LogP contribution in [0.15, 0.2) is 42.6 Å². The molecule has 1 N–H and O–H groups in total. The molecule has 0 spiro atoms. The minimum Gasteiger partial charge on any atom is -0.493 e. The highest BCUT2D eigenvalue weighted by Crippen LogP contribution is 2.30. The standard InChI is InChI=1S/C28H34N2O9/c1-16-22(39-27(34)28(2,3)4)18(14-17-10-8-7-9-11-17)25(32)37-15-19(26(33)38-16)30-24(31)21-23(36-6)20(35-5)12-13-29-21/h7-13,16,18-19,22H,14-15H2,1-6H3,(H,30,31). The lowest BCUT2D eigenvalue weighted by Gasteiger charge is -2.31. The average Bonchev–Trinajstić information content (AvgIpc) is 2.94. The maximum absolute atomic E-state index is 13.4. The number of pyridine rings is 1. The van der Waals surface area contributed by atoms with Crippen LogP contribution in [0, 0.1) is 11.3 Å². The number of nitrogens with one attached hydrogen (secondary N) is 1. The topological polar surface area (TPSA) is 139 Å². The van der Waals surface area contributed by atoms with Gasteiger partial charge in [-0.15, -0.1) is 0 Å². The number of benzene rings is 1. The Kier molecular flexibility index (Phi) is 9.50. The smallest absolute Gasteiger partial charge is 0.332 e. The van der Waals surface area contributed by atoms with Gasteiger partial charge in [0.1, 0.15) is 18.6 Å². The fourth-order valence-electron chi connectivity index (χ4n) is 3.96. The second-order valence-corrected chi connectivity index (χ2v) is 10.1. The van der Waals surface area contributed by atoms with E-state index in [4.69, 9.17) is 23.7 Å². The summed E-state index contributed by atoms with van der Waals surface area (Å²) < 4.78 is 27.3. The molecule has 0 radical (unpaired) electrons. The Labute approximate surface area is 227 Å². The van der Waals surface area contributed by atoms with E-state index in [-0.39, 0.29) is 23.6 Å². The zero-order valence-electron chi connectivity index (χ0n) is 22.9. The highest BCUT2D eigenvalue weighted by atomic mass is 16.6. The van der Waals surface area contributed by atoms with Crippen molar-refractivity contribution in [2.75, 3.05) is 20.8 Å². The first-order chi connectivity index (χ1) is 18.5. The Morgan fingerprint density at radius 1 is 1.05 bits per heavy atom. The molecule has 2 heterocycles. The summed E-state index contributed by atoms with van der Waals surface area (Å²) in [6, 6.07) is 9.29. The van der Waals surface area contributed by atoms with Crippen molar-refractivity contribution in [3.63, 3.8) is 0 Å². The van der Waals surface area contributed by atoms with Gasteiger partial charge in [0.05, 0.1) is 19.6 Å². The molecule has 4 unspecified atom stereocenters. The second kappa shape index (κ2) is 12.6. The molecule has 3 rings (SSSR count). The lowest BCUT2D eigenvalue weighted by atomic mass is 9.90. The lowest BCUT2D eigenvalue weighted by Crippen LogP contribution is -2.47. The Balaban J connectivity index is 1.90. The van der Waals surface area contributed by atoms with Crippen molar-refractivity contribution in [2.24, 2.45) is 11.3 Å². The minimum absolute atomic E-state index is 0.0661. The van der Waals surface area contributed by atoms with E-state index in [2.05, 4.69) is 10.3 Å². The van der Waals surface area contributed by atoms with Crippen molar-refractivity contribution in [3.05, 3.63) is 53.9 Å². The monoisotopic (exact) mass is 542 g/mol. The summed E-state index contributed by atoms with van der Waals surface area (Å²) in [5.41, 5.74) is -0.208. The van der Waals surface area contributed by atoms with Crippen LogP contribution in [0.5, 0.6) is 11.5 Å². The van der Waals surface area contributed by atoms with Crippen molar-refractivity contribution >= 4 is 23.8 Å². The first-order valence-corrected chi connectivity index (χ1v) is 12.5. The molecule has 1 saturated heterocycles. The van der Waals surface area contributed by atoms with E-state index < -0.39 is 60.0 Å². The van der Waals surface area contributed by atoms with E-state index in [1.54, 1.807) is 20.8 Å². The Morgan fingerprint density at radius 2 is 1.74 bits per heavy atom. The summed E-state index contributed by atoms with van der Waals surface area (Å²) in [6.07, 6.45) is -0.650. The molecule has 1 aliphatic rings. The van der Waals surface area contributed by atoms with Crippen LogP contribution in [0.4, 0.5) is 0 Å². The quantitative estimate of drug-likeness (QED) is 0.410. The van der Waals surface area contributed by atoms with Crippen LogP contribution in [0.3, 0.4) is 0 Å². The predicted molar refractivity (Wildman–Crippen MR) is 138 cm³/mol. The van der Waals surface area contributed by atoms with Crippen molar-refractivity contribution in [2.45, 2.75) is 52.4 Å². The summed E-state index contributed by atoms with van der Waals surface area (Å²) >= 11 is 0. The van der Waals surface area contributed by atoms with Gasteiger partial charge in [-0.2, -0.15) is 0 Å². The molecule has 0 saturated carbocycles. The molecular formula is C28H34N2O9. The van der Waals surface area contributed by atoms with Gasteiger partial charge < -0.3 is 29.0 Å². The van der Waals surface area contributed by atoms with E-state index in [0.29, 0.717) is 0 Å². The third-order valence-corrected chi connectivity index (χ3v) is 6.11. The largest absolute Gasteiger partial charge is 0.493 e. The van der Waals surface area contributed by atoms with Gasteiger partial charge in [0, 0.05) is 12.3 Å². The highest BCUT2D eigenvalue weighted by Gasteiger charge is 2.43. The Bertz CT molecular complexity index is 1190. The molecule has 210 valence electrons. The number of cyclic esters (lactones) is 2. The number of methoxy groups -OCH3 is 2. The van der Waals surface area contributed by atoms with Crippen LogP contribution in [0.2, 0.25) is 0 Å². The van der Waals surface area contributed by atoms with Crippen LogP contribution in [0.1, 0.15) is 43.7 Å². The van der Waals surface area contributed by atoms with Crippen LogP contribution >= 0.6 is 0 Å². The van der Waals surface area contributed by atoms with Crippen LogP contribution in [0.25, 0.3) is 0 Å². The van der Waals surface area contributed by atoms with E-state index in [1.807, 2.05) is 30.3 Å². The maximum Gasteiger partial charge on any atom is 0.332 e. The number of hydrogen-bond acceptors (Lipinski definition) is 10. The number of amides is 1. The molecule has 0 aliphatic carbocycles. The lowest BCUT2D eigenvalue weighted by molar-refractivity contribution is -0.180. The Hall–Kier alpha value is -4.15. The van der Waals surface area contributed by atoms with Gasteiger partial charge in [-0.25, -0.2) is 9.78 Å². The van der Waals surface area contributed by atoms with Gasteiger partial charge in [0.25, 0.3) is 5.91 Å². The SMILES string of the molecule is COc1ccnc(C(=O)NC2COC(=O)C(Cc3ccccc3)C(OC(=O)C(C)(C)C)C(C)OC2=O)c1OC. The molecule has 39 heavy (non-hydrogen) atoms. The van der Waals surface area contributed by atoms with Crippen molar-refractivity contribution in [1.29, 1.82) is 0 Å². The first-order valence-electron chi connectivity index (χ1n) is 12.5. The van der Waals surface area contributed by atoms with E-state index in [0.717, 1.165) is 5.56 Å². The van der Waals surface area contributed by atoms with Gasteiger partial charge in [0.2, 0.25) is 0 Å². The molecule has 4 atom stereocenters. The van der Waals surface area contributed by atoms with Crippen LogP contribution < -0.4 is 14.8 Å². The number of esters is 3. The molecule has 1 aromatic heterocycles. The Morgan fingerprint density at radius 3 is 2.36 bits per heavy atom. The van der Waals surface area contributed by atoms with Gasteiger partial charge in [-0.05, 0) is 39.7 Å². The predicted octanol–water partition coefficient (Wildman–Crippen LogP) is 2.50. The van der Waals surface area contributed by atoms with Crippen LogP contribution in [-0.2, 0) is 35.0 Å². The number of carbonyl (C=O) groups excluding carboxylic acids is 4. The fraction of sp³-hybridized carbons (Fsp3) is 0.464. The summed E-state index contributed by atoms with van der Waals surface area (Å²) in [7, 11) is 2.75. The first kappa shape index (κ1) is 29.4. The third kappa shape index (κ3) is 7.24. The molecule has 2 aromatic rings. The van der Waals surface area contributed by atoms with Crippen molar-refractivity contribution in [1.82, 2.24) is 10.3 Å². The number of carbonyl (C=O) groups is 4. The normalized spacial score (nSPS) is 21.8. The third-order valence-electron chi connectivity index (χ3n) is 6.11. The molecule has 0 bridgehead atoms. The number of nitrogens with zero attached hydrogens (tertiary/aromatic N) is 1. The number of ether oxygens (including phenoxy) is 5. The number of rotatable bonds is 7. The molecular weight excluding hydrogens is 508 g/mol. The summed E-state index contributed by atoms with van der Waals surface area (Å²) in [6.45, 7) is 6.06. The minimum atomic E-state index is -1.36. The van der Waals surface area contributed by atoms with E-state index in [9.17, 15) is 19.2 Å². The maximum atomic E-state index is 13.4. The van der Waals surface area contributed by atoms with Crippen molar-refractivity contribution < 1.29 is 42.9 Å².